The number of hydrogen-bond donors (Lipinski definition) is 0. The van der Waals surface area contributed by atoms with Gasteiger partial charge in [0, 0.05) is 13.1 Å². The van der Waals surface area contributed by atoms with Crippen molar-refractivity contribution < 1.29 is 21.1 Å². The maximum absolute atomic E-state index is 8.46. The van der Waals surface area contributed by atoms with Gasteiger partial charge in [0.05, 0.1) is 10.2 Å². The molecule has 0 spiro atoms. The lowest BCUT2D eigenvalue weighted by molar-refractivity contribution is -0.0330. The van der Waals surface area contributed by atoms with Gasteiger partial charge in [0.2, 0.25) is 6.75 Å². The van der Waals surface area contributed by atoms with E-state index in [1.165, 1.54) is 0 Å². The number of likely N-dealkylation sites (tertiary alicyclic amines) is 1. The van der Waals surface area contributed by atoms with E-state index in [0.717, 1.165) is 37.1 Å². The van der Waals surface area contributed by atoms with Crippen LogP contribution in [0, 0.1) is 0 Å². The summed E-state index contributed by atoms with van der Waals surface area (Å²) in [5.74, 6) is -0.262. The number of nitrogens with zero attached hydrogens (tertiary/aromatic N) is 1. The van der Waals surface area contributed by atoms with Crippen LogP contribution in [0.2, 0.25) is 0 Å². The highest BCUT2D eigenvalue weighted by atomic mass is 16.7. The number of rotatable bonds is 7. The van der Waals surface area contributed by atoms with Gasteiger partial charge >= 0.3 is 0 Å². The van der Waals surface area contributed by atoms with Crippen LogP contribution < -0.4 is 9.47 Å². The molecule has 3 aromatic rings. The fourth-order valence-electron chi connectivity index (χ4n) is 4.18. The first-order valence-electron chi connectivity index (χ1n) is 13.3. The van der Waals surface area contributed by atoms with Gasteiger partial charge in [-0.05, 0) is 54.6 Å². The second kappa shape index (κ2) is 9.54. The molecule has 2 heterocycles. The molecule has 1 saturated heterocycles. The molecule has 5 rings (SSSR count). The number of benzene rings is 3. The molecule has 4 heteroatoms. The van der Waals surface area contributed by atoms with Crippen molar-refractivity contribution in [1.82, 2.24) is 4.90 Å². The number of ether oxygens (including phenoxy) is 3. The first-order chi connectivity index (χ1) is 17.3. The predicted octanol–water partition coefficient (Wildman–Crippen LogP) is 5.23. The van der Waals surface area contributed by atoms with Crippen molar-refractivity contribution in [2.24, 2.45) is 0 Å². The highest BCUT2D eigenvalue weighted by Crippen LogP contribution is 2.33. The third-order valence-electron chi connectivity index (χ3n) is 5.76. The Morgan fingerprint density at radius 3 is 2.45 bits per heavy atom. The molecule has 0 radical (unpaired) electrons. The Morgan fingerprint density at radius 1 is 1.00 bits per heavy atom. The Morgan fingerprint density at radius 2 is 1.71 bits per heavy atom. The summed E-state index contributed by atoms with van der Waals surface area (Å²) < 4.78 is 57.1. The van der Waals surface area contributed by atoms with Crippen LogP contribution in [0.25, 0.3) is 0 Å². The fraction of sp³-hybridized carbons (Fsp3) is 0.333. The van der Waals surface area contributed by atoms with Crippen molar-refractivity contribution >= 4 is 0 Å². The monoisotopic (exact) mass is 420 g/mol. The molecular formula is C27H29NO3. The van der Waals surface area contributed by atoms with Crippen molar-refractivity contribution in [3.05, 3.63) is 95.5 Å². The first-order valence-corrected chi connectivity index (χ1v) is 10.8. The summed E-state index contributed by atoms with van der Waals surface area (Å²) in [5.41, 5.74) is 2.60. The first kappa shape index (κ1) is 15.1. The van der Waals surface area contributed by atoms with Crippen LogP contribution in [-0.4, -0.2) is 37.4 Å². The van der Waals surface area contributed by atoms with E-state index >= 15 is 0 Å². The highest BCUT2D eigenvalue weighted by Gasteiger charge is 2.25. The van der Waals surface area contributed by atoms with E-state index in [4.69, 9.17) is 21.1 Å². The van der Waals surface area contributed by atoms with Gasteiger partial charge in [-0.1, -0.05) is 66.7 Å². The summed E-state index contributed by atoms with van der Waals surface area (Å²) in [4.78, 5) is 2.27. The van der Waals surface area contributed by atoms with Gasteiger partial charge in [-0.3, -0.25) is 0 Å². The largest absolute Gasteiger partial charge is 0.454 e. The van der Waals surface area contributed by atoms with E-state index in [1.807, 2.05) is 36.4 Å². The van der Waals surface area contributed by atoms with Crippen LogP contribution in [0.4, 0.5) is 0 Å². The van der Waals surface area contributed by atoms with Crippen molar-refractivity contribution in [3.8, 4) is 11.5 Å². The van der Waals surface area contributed by atoms with E-state index in [-0.39, 0.29) is 41.8 Å². The van der Waals surface area contributed by atoms with Crippen LogP contribution in [-0.2, 0) is 11.2 Å². The highest BCUT2D eigenvalue weighted by molar-refractivity contribution is 5.44. The van der Waals surface area contributed by atoms with Gasteiger partial charge in [-0.25, -0.2) is 0 Å². The molecule has 0 bridgehead atoms. The molecule has 2 aliphatic heterocycles. The minimum absolute atomic E-state index is 0.0332. The average molecular weight is 421 g/mol. The summed E-state index contributed by atoms with van der Waals surface area (Å²) in [7, 11) is 0. The fourth-order valence-corrected chi connectivity index (χ4v) is 4.18. The van der Waals surface area contributed by atoms with Crippen molar-refractivity contribution in [2.75, 3.05) is 26.4 Å². The Kier molecular flexibility index (Phi) is 4.64. The lowest BCUT2D eigenvalue weighted by Gasteiger charge is -2.35. The zero-order chi connectivity index (χ0) is 25.3. The van der Waals surface area contributed by atoms with Gasteiger partial charge in [0.15, 0.2) is 11.5 Å². The molecule has 0 N–H and O–H groups in total. The molecule has 0 unspecified atom stereocenters. The molecule has 2 aliphatic rings. The summed E-state index contributed by atoms with van der Waals surface area (Å²) in [6.07, 6.45) is 2.19. The number of fused-ring (bicyclic) bond motifs is 1. The normalized spacial score (nSPS) is 22.4. The topological polar surface area (TPSA) is 30.9 Å². The molecule has 0 aromatic heterocycles. The Labute approximate surface area is 191 Å². The van der Waals surface area contributed by atoms with Crippen LogP contribution in [0.1, 0.15) is 42.5 Å². The smallest absolute Gasteiger partial charge is 0.231 e. The standard InChI is InChI=1S/C27H29NO3/c1-3-8-22(9-4-1)27(23-10-5-2-6-11-23)31-24-12-7-16-28(19-24)17-15-21-13-14-25-26(18-21)30-20-29-25/h1-6,8-11,13-14,18,24,27H,7,12,15-17,19-20H2/t24-/m1/s1/i13D,14D,18D,20D2. The van der Waals surface area contributed by atoms with Crippen LogP contribution in [0.5, 0.6) is 11.5 Å². The second-order valence-corrected chi connectivity index (χ2v) is 7.95. The number of piperidine rings is 1. The van der Waals surface area contributed by atoms with Gasteiger partial charge < -0.3 is 19.1 Å². The van der Waals surface area contributed by atoms with Crippen molar-refractivity contribution in [2.45, 2.75) is 31.5 Å². The third kappa shape index (κ3) is 4.92. The Hall–Kier alpha value is -2.82. The summed E-state index contributed by atoms with van der Waals surface area (Å²) in [6, 6.07) is 20.0. The Bertz CT molecular complexity index is 1170. The lowest BCUT2D eigenvalue weighted by Crippen LogP contribution is -2.41. The molecule has 31 heavy (non-hydrogen) atoms. The third-order valence-corrected chi connectivity index (χ3v) is 5.76. The van der Waals surface area contributed by atoms with Gasteiger partial charge in [0.25, 0.3) is 0 Å². The summed E-state index contributed by atoms with van der Waals surface area (Å²) in [5, 5.41) is 0. The van der Waals surface area contributed by atoms with E-state index < -0.39 is 6.75 Å². The van der Waals surface area contributed by atoms with Crippen LogP contribution in [0.15, 0.2) is 78.8 Å². The molecule has 0 amide bonds. The molecule has 160 valence electrons. The molecule has 1 atom stereocenters. The van der Waals surface area contributed by atoms with Gasteiger partial charge in [-0.15, -0.1) is 0 Å². The summed E-state index contributed by atoms with van der Waals surface area (Å²) >= 11 is 0. The van der Waals surface area contributed by atoms with E-state index in [0.29, 0.717) is 18.5 Å². The molecule has 0 saturated carbocycles. The van der Waals surface area contributed by atoms with E-state index in [9.17, 15) is 0 Å². The molecule has 0 aliphatic carbocycles. The zero-order valence-corrected chi connectivity index (χ0v) is 17.3. The maximum atomic E-state index is 8.46. The maximum Gasteiger partial charge on any atom is 0.231 e. The number of hydrogen-bond acceptors (Lipinski definition) is 4. The zero-order valence-electron chi connectivity index (χ0n) is 22.3. The minimum atomic E-state index is -2.43. The minimum Gasteiger partial charge on any atom is -0.454 e. The SMILES string of the molecule is [2H]c1c([2H])c2c(c([2H])c1CCN1CCC[C@@H](OC(c3ccccc3)c3ccccc3)C1)OC([2H])([2H])O2. The van der Waals surface area contributed by atoms with Crippen molar-refractivity contribution in [3.63, 3.8) is 0 Å². The Balaban J connectivity index is 1.28. The van der Waals surface area contributed by atoms with Crippen LogP contribution in [0.3, 0.4) is 0 Å². The van der Waals surface area contributed by atoms with E-state index in [2.05, 4.69) is 29.2 Å². The molecule has 4 nitrogen and oxygen atoms in total. The van der Waals surface area contributed by atoms with Gasteiger partial charge in [-0.2, -0.15) is 0 Å². The average Bonchev–Trinajstić information content (AvgIpc) is 3.23. The molecule has 1 fully saturated rings. The quantitative estimate of drug-likeness (QED) is 0.524. The van der Waals surface area contributed by atoms with Crippen molar-refractivity contribution in [1.29, 1.82) is 0 Å². The molecular weight excluding hydrogens is 386 g/mol. The summed E-state index contributed by atoms with van der Waals surface area (Å²) in [6.45, 7) is -0.199. The van der Waals surface area contributed by atoms with E-state index in [1.54, 1.807) is 0 Å². The van der Waals surface area contributed by atoms with Crippen LogP contribution >= 0.6 is 0 Å². The second-order valence-electron chi connectivity index (χ2n) is 7.95. The predicted molar refractivity (Wildman–Crippen MR) is 122 cm³/mol. The van der Waals surface area contributed by atoms with Gasteiger partial charge in [0.1, 0.15) is 8.85 Å². The lowest BCUT2D eigenvalue weighted by atomic mass is 10.00. The molecule has 3 aromatic carbocycles.